The lowest BCUT2D eigenvalue weighted by atomic mass is 10.0. The molecule has 0 heterocycles. The minimum atomic E-state index is -0.353. The quantitative estimate of drug-likeness (QED) is 0.284. The predicted octanol–water partition coefficient (Wildman–Crippen LogP) is 5.60. The van der Waals surface area contributed by atoms with Crippen LogP contribution in [0.25, 0.3) is 10.8 Å². The highest BCUT2D eigenvalue weighted by molar-refractivity contribution is 6.30. The van der Waals surface area contributed by atoms with E-state index in [1.807, 2.05) is 78.9 Å². The molecule has 0 radical (unpaired) electrons. The molecular weight excluding hydrogens is 424 g/mol. The van der Waals surface area contributed by atoms with Gasteiger partial charge in [0.1, 0.15) is 18.1 Å². The van der Waals surface area contributed by atoms with Crippen LogP contribution >= 0.6 is 11.6 Å². The first kappa shape index (κ1) is 21.4. The smallest absolute Gasteiger partial charge is 0.277 e. The van der Waals surface area contributed by atoms with E-state index in [2.05, 4.69) is 10.5 Å². The Morgan fingerprint density at radius 3 is 2.44 bits per heavy atom. The summed E-state index contributed by atoms with van der Waals surface area (Å²) < 4.78 is 11.5. The van der Waals surface area contributed by atoms with Gasteiger partial charge < -0.3 is 9.47 Å². The Kier molecular flexibility index (Phi) is 7.00. The molecule has 0 atom stereocenters. The van der Waals surface area contributed by atoms with Gasteiger partial charge in [0.05, 0.1) is 6.21 Å². The lowest BCUT2D eigenvalue weighted by Crippen LogP contribution is -2.24. The zero-order chi connectivity index (χ0) is 22.2. The highest BCUT2D eigenvalue weighted by atomic mass is 35.5. The molecule has 0 unspecified atom stereocenters. The maximum absolute atomic E-state index is 12.1. The van der Waals surface area contributed by atoms with Gasteiger partial charge in [0.15, 0.2) is 6.61 Å². The maximum atomic E-state index is 12.1. The molecule has 5 nitrogen and oxygen atoms in total. The van der Waals surface area contributed by atoms with Crippen molar-refractivity contribution < 1.29 is 14.3 Å². The third-order valence-corrected chi connectivity index (χ3v) is 4.99. The maximum Gasteiger partial charge on any atom is 0.277 e. The molecule has 1 amide bonds. The van der Waals surface area contributed by atoms with Gasteiger partial charge in [-0.2, -0.15) is 5.10 Å². The first-order chi connectivity index (χ1) is 15.7. The second-order valence-electron chi connectivity index (χ2n) is 7.01. The largest absolute Gasteiger partial charge is 0.488 e. The number of rotatable bonds is 8. The van der Waals surface area contributed by atoms with Crippen LogP contribution in [-0.4, -0.2) is 18.7 Å². The number of benzene rings is 4. The fourth-order valence-corrected chi connectivity index (χ4v) is 3.27. The Morgan fingerprint density at radius 1 is 0.875 bits per heavy atom. The van der Waals surface area contributed by atoms with E-state index in [0.29, 0.717) is 23.1 Å². The van der Waals surface area contributed by atoms with Crippen LogP contribution in [0.5, 0.6) is 11.5 Å². The third-order valence-electron chi connectivity index (χ3n) is 4.73. The van der Waals surface area contributed by atoms with Crippen molar-refractivity contribution in [2.24, 2.45) is 5.10 Å². The number of para-hydroxylation sites is 1. The van der Waals surface area contributed by atoms with Gasteiger partial charge in [-0.05, 0) is 46.7 Å². The standard InChI is InChI=1S/C26H21ClN2O3/c27-21-13-10-19(11-14-21)17-32-25-15-12-20-6-4-5-9-23(20)24(25)16-28-29-26(30)18-31-22-7-2-1-3-8-22/h1-16H,17-18H2,(H,29,30)/b28-16-. The molecule has 4 rings (SSSR count). The average molecular weight is 445 g/mol. The van der Waals surface area contributed by atoms with E-state index in [1.165, 1.54) is 0 Å². The molecule has 160 valence electrons. The van der Waals surface area contributed by atoms with E-state index in [4.69, 9.17) is 21.1 Å². The van der Waals surface area contributed by atoms with Crippen LogP contribution in [0.3, 0.4) is 0 Å². The molecule has 4 aromatic carbocycles. The van der Waals surface area contributed by atoms with Crippen LogP contribution in [0.15, 0.2) is 96.1 Å². The fourth-order valence-electron chi connectivity index (χ4n) is 3.14. The number of hydrogen-bond acceptors (Lipinski definition) is 4. The number of nitrogens with zero attached hydrogens (tertiary/aromatic N) is 1. The van der Waals surface area contributed by atoms with Crippen molar-refractivity contribution >= 4 is 34.5 Å². The summed E-state index contributed by atoms with van der Waals surface area (Å²) in [5, 5.41) is 6.83. The molecular formula is C26H21ClN2O3. The van der Waals surface area contributed by atoms with Crippen molar-refractivity contribution in [3.8, 4) is 11.5 Å². The first-order valence-electron chi connectivity index (χ1n) is 10.1. The van der Waals surface area contributed by atoms with Gasteiger partial charge in [0.25, 0.3) is 5.91 Å². The van der Waals surface area contributed by atoms with Crippen molar-refractivity contribution in [3.63, 3.8) is 0 Å². The van der Waals surface area contributed by atoms with Gasteiger partial charge in [-0.25, -0.2) is 5.43 Å². The van der Waals surface area contributed by atoms with Crippen LogP contribution in [0, 0.1) is 0 Å². The summed E-state index contributed by atoms with van der Waals surface area (Å²) >= 11 is 5.96. The van der Waals surface area contributed by atoms with Gasteiger partial charge >= 0.3 is 0 Å². The number of hydrogen-bond donors (Lipinski definition) is 1. The topological polar surface area (TPSA) is 59.9 Å². The molecule has 0 saturated carbocycles. The second kappa shape index (κ2) is 10.5. The Hall–Kier alpha value is -3.83. The molecule has 32 heavy (non-hydrogen) atoms. The summed E-state index contributed by atoms with van der Waals surface area (Å²) in [6, 6.07) is 28.5. The number of nitrogens with one attached hydrogen (secondary N) is 1. The zero-order valence-corrected chi connectivity index (χ0v) is 18.0. The van der Waals surface area contributed by atoms with E-state index in [9.17, 15) is 4.79 Å². The molecule has 0 spiro atoms. The normalized spacial score (nSPS) is 10.9. The Balaban J connectivity index is 1.47. The van der Waals surface area contributed by atoms with Crippen molar-refractivity contribution in [3.05, 3.63) is 107 Å². The molecule has 0 aliphatic rings. The number of carbonyl (C=O) groups is 1. The second-order valence-corrected chi connectivity index (χ2v) is 7.44. The molecule has 0 aliphatic carbocycles. The van der Waals surface area contributed by atoms with Crippen LogP contribution in [-0.2, 0) is 11.4 Å². The van der Waals surface area contributed by atoms with E-state index in [1.54, 1.807) is 18.3 Å². The molecule has 0 aliphatic heterocycles. The van der Waals surface area contributed by atoms with Gasteiger partial charge in [-0.3, -0.25) is 4.79 Å². The van der Waals surface area contributed by atoms with Crippen molar-refractivity contribution in [1.82, 2.24) is 5.43 Å². The summed E-state index contributed by atoms with van der Waals surface area (Å²) in [4.78, 5) is 12.1. The number of carbonyl (C=O) groups excluding carboxylic acids is 1. The SMILES string of the molecule is O=C(COc1ccccc1)N/N=C\c1c(OCc2ccc(Cl)cc2)ccc2ccccc12. The van der Waals surface area contributed by atoms with E-state index < -0.39 is 0 Å². The molecule has 1 N–H and O–H groups in total. The summed E-state index contributed by atoms with van der Waals surface area (Å²) in [7, 11) is 0. The fraction of sp³-hybridized carbons (Fsp3) is 0.0769. The Labute approximate surface area is 191 Å². The molecule has 6 heteroatoms. The lowest BCUT2D eigenvalue weighted by Gasteiger charge is -2.12. The molecule has 0 saturated heterocycles. The minimum absolute atomic E-state index is 0.128. The lowest BCUT2D eigenvalue weighted by molar-refractivity contribution is -0.123. The average Bonchev–Trinajstić information content (AvgIpc) is 2.83. The number of halogens is 1. The van der Waals surface area contributed by atoms with Crippen LogP contribution in [0.1, 0.15) is 11.1 Å². The number of hydrazone groups is 1. The van der Waals surface area contributed by atoms with E-state index >= 15 is 0 Å². The predicted molar refractivity (Wildman–Crippen MR) is 127 cm³/mol. The van der Waals surface area contributed by atoms with Gasteiger partial charge in [-0.15, -0.1) is 0 Å². The summed E-state index contributed by atoms with van der Waals surface area (Å²) in [6.07, 6.45) is 1.60. The molecule has 0 fully saturated rings. The van der Waals surface area contributed by atoms with Crippen molar-refractivity contribution in [2.75, 3.05) is 6.61 Å². The summed E-state index contributed by atoms with van der Waals surface area (Å²) in [5.41, 5.74) is 4.28. The van der Waals surface area contributed by atoms with E-state index in [0.717, 1.165) is 21.9 Å². The summed E-state index contributed by atoms with van der Waals surface area (Å²) in [6.45, 7) is 0.254. The molecule has 0 bridgehead atoms. The Bertz CT molecular complexity index is 1230. The monoisotopic (exact) mass is 444 g/mol. The van der Waals surface area contributed by atoms with Gasteiger partial charge in [0, 0.05) is 10.6 Å². The molecule has 0 aromatic heterocycles. The van der Waals surface area contributed by atoms with Crippen molar-refractivity contribution in [2.45, 2.75) is 6.61 Å². The van der Waals surface area contributed by atoms with Crippen LogP contribution in [0.2, 0.25) is 5.02 Å². The number of amides is 1. The van der Waals surface area contributed by atoms with Crippen LogP contribution in [0.4, 0.5) is 0 Å². The van der Waals surface area contributed by atoms with Gasteiger partial charge in [0.2, 0.25) is 0 Å². The molecule has 4 aromatic rings. The van der Waals surface area contributed by atoms with Crippen LogP contribution < -0.4 is 14.9 Å². The first-order valence-corrected chi connectivity index (χ1v) is 10.5. The van der Waals surface area contributed by atoms with Crippen molar-refractivity contribution in [1.29, 1.82) is 0 Å². The highest BCUT2D eigenvalue weighted by Gasteiger charge is 2.08. The highest BCUT2D eigenvalue weighted by Crippen LogP contribution is 2.27. The number of fused-ring (bicyclic) bond motifs is 1. The zero-order valence-electron chi connectivity index (χ0n) is 17.2. The third kappa shape index (κ3) is 5.65. The minimum Gasteiger partial charge on any atom is -0.488 e. The Morgan fingerprint density at radius 2 is 1.62 bits per heavy atom. The summed E-state index contributed by atoms with van der Waals surface area (Å²) in [5.74, 6) is 0.935. The number of ether oxygens (including phenoxy) is 2. The van der Waals surface area contributed by atoms with E-state index in [-0.39, 0.29) is 12.5 Å². The van der Waals surface area contributed by atoms with Gasteiger partial charge in [-0.1, -0.05) is 72.3 Å².